The second-order valence-corrected chi connectivity index (χ2v) is 5.23. The monoisotopic (exact) mass is 274 g/mol. The lowest BCUT2D eigenvalue weighted by Gasteiger charge is -2.23. The summed E-state index contributed by atoms with van der Waals surface area (Å²) in [5, 5.41) is 12.8. The van der Waals surface area contributed by atoms with Crippen LogP contribution in [0.2, 0.25) is 0 Å². The van der Waals surface area contributed by atoms with Gasteiger partial charge in [0.15, 0.2) is 0 Å². The molecule has 0 aliphatic carbocycles. The molecule has 0 aliphatic heterocycles. The molecule has 5 N–H and O–H groups in total. The van der Waals surface area contributed by atoms with Gasteiger partial charge in [-0.05, 0) is 13.2 Å². The zero-order valence-corrected chi connectivity index (χ0v) is 11.4. The third-order valence-electron chi connectivity index (χ3n) is 2.47. The zero-order valence-electron chi connectivity index (χ0n) is 10.6. The SMILES string of the molecule is CSCC(C)(O)CNc1c(N)n(C)c(=O)[nH]c1=O. The maximum absolute atomic E-state index is 11.6. The van der Waals surface area contributed by atoms with Gasteiger partial charge in [0.25, 0.3) is 5.56 Å². The average molecular weight is 274 g/mol. The van der Waals surface area contributed by atoms with Gasteiger partial charge >= 0.3 is 5.69 Å². The van der Waals surface area contributed by atoms with Crippen LogP contribution in [-0.2, 0) is 7.05 Å². The molecule has 0 amide bonds. The van der Waals surface area contributed by atoms with Gasteiger partial charge in [0.05, 0.1) is 5.60 Å². The summed E-state index contributed by atoms with van der Waals surface area (Å²) in [6, 6.07) is 0. The number of hydrogen-bond acceptors (Lipinski definition) is 6. The molecule has 0 radical (unpaired) electrons. The number of rotatable bonds is 5. The predicted molar refractivity (Wildman–Crippen MR) is 74.2 cm³/mol. The van der Waals surface area contributed by atoms with E-state index in [1.165, 1.54) is 18.8 Å². The van der Waals surface area contributed by atoms with Gasteiger partial charge in [0, 0.05) is 19.3 Å². The van der Waals surface area contributed by atoms with Gasteiger partial charge in [-0.1, -0.05) is 0 Å². The molecule has 7 nitrogen and oxygen atoms in total. The van der Waals surface area contributed by atoms with E-state index in [-0.39, 0.29) is 18.1 Å². The van der Waals surface area contributed by atoms with Crippen LogP contribution in [0.4, 0.5) is 11.5 Å². The van der Waals surface area contributed by atoms with E-state index < -0.39 is 16.9 Å². The average Bonchev–Trinajstić information content (AvgIpc) is 2.25. The molecule has 0 saturated heterocycles. The summed E-state index contributed by atoms with van der Waals surface area (Å²) >= 11 is 1.50. The van der Waals surface area contributed by atoms with Crippen molar-refractivity contribution in [3.63, 3.8) is 0 Å². The van der Waals surface area contributed by atoms with Crippen molar-refractivity contribution in [2.24, 2.45) is 7.05 Å². The summed E-state index contributed by atoms with van der Waals surface area (Å²) in [6.45, 7) is 1.82. The van der Waals surface area contributed by atoms with Crippen LogP contribution in [0.3, 0.4) is 0 Å². The van der Waals surface area contributed by atoms with Crippen LogP contribution in [0, 0.1) is 0 Å². The molecule has 0 spiro atoms. The number of nitrogens with one attached hydrogen (secondary N) is 2. The van der Waals surface area contributed by atoms with Crippen molar-refractivity contribution in [2.45, 2.75) is 12.5 Å². The highest BCUT2D eigenvalue weighted by atomic mass is 32.2. The summed E-state index contributed by atoms with van der Waals surface area (Å²) in [5.41, 5.74) is 3.65. The Morgan fingerprint density at radius 1 is 1.56 bits per heavy atom. The van der Waals surface area contributed by atoms with E-state index >= 15 is 0 Å². The fourth-order valence-corrected chi connectivity index (χ4v) is 2.17. The fraction of sp³-hybridized carbons (Fsp3) is 0.600. The van der Waals surface area contributed by atoms with Gasteiger partial charge in [-0.3, -0.25) is 14.3 Å². The molecule has 0 aromatic carbocycles. The predicted octanol–water partition coefficient (Wildman–Crippen LogP) is -0.818. The molecule has 0 aliphatic rings. The number of aliphatic hydroxyl groups is 1. The van der Waals surface area contributed by atoms with Crippen LogP contribution >= 0.6 is 11.8 Å². The van der Waals surface area contributed by atoms with Crippen LogP contribution in [0.5, 0.6) is 0 Å². The zero-order chi connectivity index (χ0) is 13.9. The van der Waals surface area contributed by atoms with Gasteiger partial charge in [-0.2, -0.15) is 11.8 Å². The third-order valence-corrected chi connectivity index (χ3v) is 3.38. The summed E-state index contributed by atoms with van der Waals surface area (Å²) in [6.07, 6.45) is 1.88. The highest BCUT2D eigenvalue weighted by Gasteiger charge is 2.21. The van der Waals surface area contributed by atoms with E-state index in [4.69, 9.17) is 5.73 Å². The summed E-state index contributed by atoms with van der Waals surface area (Å²) in [5.74, 6) is 0.563. The topological polar surface area (TPSA) is 113 Å². The van der Waals surface area contributed by atoms with Gasteiger partial charge in [0.1, 0.15) is 11.5 Å². The van der Waals surface area contributed by atoms with Crippen molar-refractivity contribution in [1.29, 1.82) is 0 Å². The Labute approximate surface area is 108 Å². The molecule has 1 aromatic heterocycles. The van der Waals surface area contributed by atoms with Crippen molar-refractivity contribution in [3.8, 4) is 0 Å². The first-order chi connectivity index (χ1) is 8.28. The number of nitrogens with zero attached hydrogens (tertiary/aromatic N) is 1. The number of H-pyrrole nitrogens is 1. The Kier molecular flexibility index (Phi) is 4.47. The normalized spacial score (nSPS) is 14.2. The highest BCUT2D eigenvalue weighted by molar-refractivity contribution is 7.98. The van der Waals surface area contributed by atoms with Crippen LogP contribution in [0.15, 0.2) is 9.59 Å². The summed E-state index contributed by atoms with van der Waals surface area (Å²) in [4.78, 5) is 25.0. The van der Waals surface area contributed by atoms with E-state index in [0.29, 0.717) is 5.75 Å². The molecule has 102 valence electrons. The van der Waals surface area contributed by atoms with Crippen molar-refractivity contribution >= 4 is 23.3 Å². The second-order valence-electron chi connectivity index (χ2n) is 4.36. The first kappa shape index (κ1) is 14.7. The van der Waals surface area contributed by atoms with Gasteiger partial charge in [-0.25, -0.2) is 4.79 Å². The number of anilines is 2. The second kappa shape index (κ2) is 5.49. The Balaban J connectivity index is 2.96. The minimum atomic E-state index is -0.965. The van der Waals surface area contributed by atoms with Crippen molar-refractivity contribution in [2.75, 3.05) is 29.6 Å². The Morgan fingerprint density at radius 3 is 2.72 bits per heavy atom. The van der Waals surface area contributed by atoms with Gasteiger partial charge in [0.2, 0.25) is 0 Å². The molecule has 1 atom stereocenters. The Morgan fingerprint density at radius 2 is 2.17 bits per heavy atom. The van der Waals surface area contributed by atoms with Crippen LogP contribution < -0.4 is 22.3 Å². The van der Waals surface area contributed by atoms with E-state index in [0.717, 1.165) is 4.57 Å². The Bertz CT molecular complexity index is 535. The molecule has 0 bridgehead atoms. The lowest BCUT2D eigenvalue weighted by atomic mass is 10.1. The number of hydrogen-bond donors (Lipinski definition) is 4. The molecule has 1 unspecified atom stereocenters. The lowest BCUT2D eigenvalue weighted by molar-refractivity contribution is 0.0997. The number of thioether (sulfide) groups is 1. The minimum Gasteiger partial charge on any atom is -0.387 e. The standard InChI is InChI=1S/C10H18N4O3S/c1-10(17,5-18-3)4-12-6-7(11)14(2)9(16)13-8(6)15/h12,17H,4-5,11H2,1-3H3,(H,13,15,16). The highest BCUT2D eigenvalue weighted by Crippen LogP contribution is 2.14. The number of nitrogen functional groups attached to an aromatic ring is 1. The molecule has 18 heavy (non-hydrogen) atoms. The fourth-order valence-electron chi connectivity index (χ4n) is 1.45. The van der Waals surface area contributed by atoms with E-state index in [1.54, 1.807) is 6.92 Å². The first-order valence-electron chi connectivity index (χ1n) is 5.32. The smallest absolute Gasteiger partial charge is 0.329 e. The van der Waals surface area contributed by atoms with Crippen molar-refractivity contribution in [3.05, 3.63) is 20.8 Å². The maximum Gasteiger partial charge on any atom is 0.329 e. The minimum absolute atomic E-state index is 0.0451. The first-order valence-corrected chi connectivity index (χ1v) is 6.72. The molecule has 1 rings (SSSR count). The number of aromatic nitrogens is 2. The summed E-state index contributed by atoms with van der Waals surface area (Å²) in [7, 11) is 1.46. The maximum atomic E-state index is 11.6. The molecule has 8 heteroatoms. The quantitative estimate of drug-likeness (QED) is 0.558. The number of nitrogens with two attached hydrogens (primary N) is 1. The summed E-state index contributed by atoms with van der Waals surface area (Å²) < 4.78 is 1.13. The van der Waals surface area contributed by atoms with Gasteiger partial charge < -0.3 is 16.2 Å². The molecule has 1 heterocycles. The van der Waals surface area contributed by atoms with Gasteiger partial charge in [-0.15, -0.1) is 0 Å². The van der Waals surface area contributed by atoms with E-state index in [1.807, 2.05) is 6.26 Å². The van der Waals surface area contributed by atoms with Crippen molar-refractivity contribution in [1.82, 2.24) is 9.55 Å². The van der Waals surface area contributed by atoms with Crippen LogP contribution in [-0.4, -0.2) is 38.8 Å². The Hall–Kier alpha value is -1.41. The molecule has 0 fully saturated rings. The molecular weight excluding hydrogens is 256 g/mol. The van der Waals surface area contributed by atoms with E-state index in [2.05, 4.69) is 10.3 Å². The molecule has 0 saturated carbocycles. The third kappa shape index (κ3) is 3.30. The molecular formula is C10H18N4O3S. The lowest BCUT2D eigenvalue weighted by Crippen LogP contribution is -2.39. The molecule has 1 aromatic rings. The van der Waals surface area contributed by atoms with Crippen LogP contribution in [0.25, 0.3) is 0 Å². The van der Waals surface area contributed by atoms with E-state index in [9.17, 15) is 14.7 Å². The van der Waals surface area contributed by atoms with Crippen molar-refractivity contribution < 1.29 is 5.11 Å². The number of aromatic amines is 1. The largest absolute Gasteiger partial charge is 0.387 e. The van der Waals surface area contributed by atoms with Crippen LogP contribution in [0.1, 0.15) is 6.92 Å².